The Hall–Kier alpha value is -6.30. The van der Waals surface area contributed by atoms with E-state index in [1.807, 2.05) is 24.3 Å². The Labute approximate surface area is 277 Å². The van der Waals surface area contributed by atoms with Crippen molar-refractivity contribution in [2.24, 2.45) is 5.10 Å². The Balaban J connectivity index is 1.50. The lowest BCUT2D eigenvalue weighted by Crippen LogP contribution is -2.32. The van der Waals surface area contributed by atoms with E-state index in [1.54, 1.807) is 55.5 Å². The standard InChI is InChI=1S/C36H35N5O7/c1-4-40(5-2)29-17-12-25(13-18-29)22-31(38-34(42)27-10-8-7-9-11-27)35(43)39-37-24-26-14-21-32(33(23-26)47-6-3)48-36(44)28-15-19-30(20-16-28)41(45)46/h7-24H,4-6H2,1-3H3,(H,38,42)(H,39,43)/b31-22+,37-24+. The van der Waals surface area contributed by atoms with E-state index in [2.05, 4.69) is 34.6 Å². The molecule has 0 aliphatic rings. The summed E-state index contributed by atoms with van der Waals surface area (Å²) in [5.74, 6) is -1.46. The van der Waals surface area contributed by atoms with Gasteiger partial charge >= 0.3 is 5.97 Å². The molecule has 0 aliphatic heterocycles. The highest BCUT2D eigenvalue weighted by atomic mass is 16.6. The van der Waals surface area contributed by atoms with Crippen molar-refractivity contribution in [3.8, 4) is 11.5 Å². The predicted octanol–water partition coefficient (Wildman–Crippen LogP) is 5.98. The number of carbonyl (C=O) groups excluding carboxylic acids is 3. The number of amides is 2. The number of nitrogens with zero attached hydrogens (tertiary/aromatic N) is 3. The lowest BCUT2D eigenvalue weighted by molar-refractivity contribution is -0.384. The largest absolute Gasteiger partial charge is 0.490 e. The fraction of sp³-hybridized carbons (Fsp3) is 0.167. The third-order valence-corrected chi connectivity index (χ3v) is 7.03. The number of anilines is 1. The average Bonchev–Trinajstić information content (AvgIpc) is 3.10. The molecule has 4 aromatic rings. The summed E-state index contributed by atoms with van der Waals surface area (Å²) in [4.78, 5) is 51.4. The van der Waals surface area contributed by atoms with Gasteiger partial charge in [-0.05, 0) is 92.6 Å². The van der Waals surface area contributed by atoms with E-state index in [9.17, 15) is 24.5 Å². The molecular formula is C36H35N5O7. The van der Waals surface area contributed by atoms with Crippen LogP contribution >= 0.6 is 0 Å². The molecule has 0 bridgehead atoms. The number of benzene rings is 4. The van der Waals surface area contributed by atoms with Gasteiger partial charge in [-0.2, -0.15) is 5.10 Å². The van der Waals surface area contributed by atoms with E-state index in [-0.39, 0.29) is 35.1 Å². The molecule has 0 aromatic heterocycles. The highest BCUT2D eigenvalue weighted by Crippen LogP contribution is 2.29. The number of carbonyl (C=O) groups is 3. The fourth-order valence-electron chi connectivity index (χ4n) is 4.54. The number of esters is 1. The molecule has 246 valence electrons. The van der Waals surface area contributed by atoms with Gasteiger partial charge in [0, 0.05) is 36.5 Å². The van der Waals surface area contributed by atoms with Crippen LogP contribution in [-0.2, 0) is 4.79 Å². The molecule has 2 amide bonds. The number of ether oxygens (including phenoxy) is 2. The van der Waals surface area contributed by atoms with E-state index in [1.165, 1.54) is 36.5 Å². The van der Waals surface area contributed by atoms with E-state index in [4.69, 9.17) is 9.47 Å². The maximum Gasteiger partial charge on any atom is 0.343 e. The molecule has 0 saturated carbocycles. The number of hydrogen-bond donors (Lipinski definition) is 2. The summed E-state index contributed by atoms with van der Waals surface area (Å²) in [5.41, 5.74) is 5.06. The first-order chi connectivity index (χ1) is 23.2. The Bertz CT molecular complexity index is 1800. The molecule has 4 aromatic carbocycles. The highest BCUT2D eigenvalue weighted by molar-refractivity contribution is 6.05. The SMILES string of the molecule is CCOc1cc(/C=N/NC(=O)/C(=C\c2ccc(N(CC)CC)cc2)NC(=O)c2ccccc2)ccc1OC(=O)c1ccc([N+](=O)[O-])cc1. The topological polar surface area (TPSA) is 152 Å². The zero-order chi connectivity index (χ0) is 34.5. The molecule has 12 nitrogen and oxygen atoms in total. The third-order valence-electron chi connectivity index (χ3n) is 7.03. The number of non-ortho nitro benzene ring substituents is 1. The van der Waals surface area contributed by atoms with Gasteiger partial charge in [0.1, 0.15) is 5.70 Å². The fourth-order valence-corrected chi connectivity index (χ4v) is 4.54. The van der Waals surface area contributed by atoms with Crippen LogP contribution in [0.2, 0.25) is 0 Å². The lowest BCUT2D eigenvalue weighted by atomic mass is 10.1. The van der Waals surface area contributed by atoms with E-state index in [0.717, 1.165) is 18.8 Å². The van der Waals surface area contributed by atoms with Crippen molar-refractivity contribution in [1.29, 1.82) is 0 Å². The molecule has 48 heavy (non-hydrogen) atoms. The van der Waals surface area contributed by atoms with Crippen molar-refractivity contribution in [3.05, 3.63) is 135 Å². The molecule has 12 heteroatoms. The zero-order valence-corrected chi connectivity index (χ0v) is 26.7. The Morgan fingerprint density at radius 1 is 0.833 bits per heavy atom. The molecule has 4 rings (SSSR count). The minimum atomic E-state index is -0.723. The van der Waals surface area contributed by atoms with E-state index < -0.39 is 22.7 Å². The Morgan fingerprint density at radius 3 is 2.12 bits per heavy atom. The van der Waals surface area contributed by atoms with Crippen LogP contribution in [-0.4, -0.2) is 48.6 Å². The quantitative estimate of drug-likeness (QED) is 0.0423. The third kappa shape index (κ3) is 9.36. The highest BCUT2D eigenvalue weighted by Gasteiger charge is 2.16. The summed E-state index contributed by atoms with van der Waals surface area (Å²) in [6.07, 6.45) is 2.94. The van der Waals surface area contributed by atoms with Crippen LogP contribution in [0.25, 0.3) is 6.08 Å². The Morgan fingerprint density at radius 2 is 1.50 bits per heavy atom. The van der Waals surface area contributed by atoms with Gasteiger partial charge in [0.25, 0.3) is 17.5 Å². The smallest absolute Gasteiger partial charge is 0.343 e. The molecule has 0 aliphatic carbocycles. The molecule has 0 saturated heterocycles. The summed E-state index contributed by atoms with van der Waals surface area (Å²) < 4.78 is 11.1. The van der Waals surface area contributed by atoms with Gasteiger partial charge in [0.05, 0.1) is 23.3 Å². The van der Waals surface area contributed by atoms with E-state index in [0.29, 0.717) is 16.7 Å². The minimum absolute atomic E-state index is 0.0138. The second kappa shape index (κ2) is 16.9. The summed E-state index contributed by atoms with van der Waals surface area (Å²) in [6.45, 7) is 7.89. The van der Waals surface area contributed by atoms with Gasteiger partial charge in [0.2, 0.25) is 0 Å². The Kier molecular flexibility index (Phi) is 12.1. The molecule has 0 fully saturated rings. The monoisotopic (exact) mass is 649 g/mol. The van der Waals surface area contributed by atoms with Crippen LogP contribution in [0.4, 0.5) is 11.4 Å². The normalized spacial score (nSPS) is 11.1. The number of nitro benzene ring substituents is 1. The zero-order valence-electron chi connectivity index (χ0n) is 26.7. The molecule has 0 heterocycles. The van der Waals surface area contributed by atoms with Crippen molar-refractivity contribution < 1.29 is 28.8 Å². The molecule has 0 spiro atoms. The molecular weight excluding hydrogens is 614 g/mol. The molecule has 2 N–H and O–H groups in total. The van der Waals surface area contributed by atoms with Gasteiger partial charge in [-0.1, -0.05) is 30.3 Å². The first kappa shape index (κ1) is 34.6. The van der Waals surface area contributed by atoms with Crippen LogP contribution in [0.15, 0.2) is 108 Å². The maximum atomic E-state index is 13.3. The van der Waals surface area contributed by atoms with Crippen LogP contribution in [0.5, 0.6) is 11.5 Å². The van der Waals surface area contributed by atoms with Crippen LogP contribution < -0.4 is 25.1 Å². The number of nitro groups is 1. The number of nitrogens with one attached hydrogen (secondary N) is 2. The van der Waals surface area contributed by atoms with Gasteiger partial charge in [-0.3, -0.25) is 19.7 Å². The summed E-state index contributed by atoms with van der Waals surface area (Å²) in [5, 5.41) is 17.7. The first-order valence-corrected chi connectivity index (χ1v) is 15.2. The van der Waals surface area contributed by atoms with Gasteiger partial charge in [0.15, 0.2) is 11.5 Å². The maximum absolute atomic E-state index is 13.3. The van der Waals surface area contributed by atoms with Crippen molar-refractivity contribution in [1.82, 2.24) is 10.7 Å². The lowest BCUT2D eigenvalue weighted by Gasteiger charge is -2.21. The van der Waals surface area contributed by atoms with Gasteiger partial charge in [-0.15, -0.1) is 0 Å². The summed E-state index contributed by atoms with van der Waals surface area (Å²) in [7, 11) is 0. The summed E-state index contributed by atoms with van der Waals surface area (Å²) in [6, 6.07) is 25.9. The minimum Gasteiger partial charge on any atom is -0.490 e. The first-order valence-electron chi connectivity index (χ1n) is 15.2. The van der Waals surface area contributed by atoms with Crippen molar-refractivity contribution >= 4 is 41.4 Å². The van der Waals surface area contributed by atoms with Gasteiger partial charge < -0.3 is 19.7 Å². The van der Waals surface area contributed by atoms with E-state index >= 15 is 0 Å². The van der Waals surface area contributed by atoms with Crippen LogP contribution in [0, 0.1) is 10.1 Å². The molecule has 0 atom stereocenters. The summed E-state index contributed by atoms with van der Waals surface area (Å²) >= 11 is 0. The van der Waals surface area contributed by atoms with Crippen LogP contribution in [0.3, 0.4) is 0 Å². The number of rotatable bonds is 14. The van der Waals surface area contributed by atoms with Crippen molar-refractivity contribution in [2.75, 3.05) is 24.6 Å². The van der Waals surface area contributed by atoms with Crippen LogP contribution in [0.1, 0.15) is 52.6 Å². The second-order valence-electron chi connectivity index (χ2n) is 10.2. The second-order valence-corrected chi connectivity index (χ2v) is 10.2. The molecule has 0 unspecified atom stereocenters. The van der Waals surface area contributed by atoms with Crippen molar-refractivity contribution in [3.63, 3.8) is 0 Å². The number of hydrazone groups is 1. The number of hydrogen-bond acceptors (Lipinski definition) is 9. The van der Waals surface area contributed by atoms with Gasteiger partial charge in [-0.25, -0.2) is 10.2 Å². The average molecular weight is 650 g/mol. The predicted molar refractivity (Wildman–Crippen MR) is 183 cm³/mol. The molecule has 0 radical (unpaired) electrons. The van der Waals surface area contributed by atoms with Crippen molar-refractivity contribution in [2.45, 2.75) is 20.8 Å².